The molecule has 0 unspecified atom stereocenters. The zero-order valence-electron chi connectivity index (χ0n) is 14.0. The van der Waals surface area contributed by atoms with Crippen molar-refractivity contribution in [2.75, 3.05) is 19.7 Å². The highest BCUT2D eigenvalue weighted by molar-refractivity contribution is 5.76. The van der Waals surface area contributed by atoms with E-state index in [1.165, 1.54) is 11.1 Å². The standard InChI is InChI=1S/C18H26N2O3/c1-3-23-18(22)20-12-10-16(11-13-20)19-17(21)9-8-15-7-5-4-6-14(15)2/h4-7,16H,3,8-13H2,1-2H3,(H,19,21). The summed E-state index contributed by atoms with van der Waals surface area (Å²) < 4.78 is 5.00. The lowest BCUT2D eigenvalue weighted by Crippen LogP contribution is -2.46. The Balaban J connectivity index is 1.71. The number of ether oxygens (including phenoxy) is 1. The van der Waals surface area contributed by atoms with Crippen LogP contribution in [0.1, 0.15) is 37.3 Å². The van der Waals surface area contributed by atoms with Crippen LogP contribution in [0.2, 0.25) is 0 Å². The number of rotatable bonds is 5. The van der Waals surface area contributed by atoms with Crippen LogP contribution in [0.15, 0.2) is 24.3 Å². The highest BCUT2D eigenvalue weighted by atomic mass is 16.6. The van der Waals surface area contributed by atoms with Gasteiger partial charge in [-0.25, -0.2) is 4.79 Å². The van der Waals surface area contributed by atoms with E-state index in [0.29, 0.717) is 26.1 Å². The van der Waals surface area contributed by atoms with E-state index in [9.17, 15) is 9.59 Å². The van der Waals surface area contributed by atoms with Crippen LogP contribution in [0, 0.1) is 6.92 Å². The van der Waals surface area contributed by atoms with E-state index in [4.69, 9.17) is 4.74 Å². The number of nitrogens with zero attached hydrogens (tertiary/aromatic N) is 1. The maximum Gasteiger partial charge on any atom is 0.409 e. The third-order valence-electron chi connectivity index (χ3n) is 4.27. The van der Waals surface area contributed by atoms with Gasteiger partial charge in [-0.05, 0) is 44.2 Å². The molecule has 1 aromatic carbocycles. The first-order valence-corrected chi connectivity index (χ1v) is 8.35. The summed E-state index contributed by atoms with van der Waals surface area (Å²) in [5, 5.41) is 3.08. The van der Waals surface area contributed by atoms with Crippen LogP contribution in [-0.2, 0) is 16.0 Å². The van der Waals surface area contributed by atoms with Gasteiger partial charge in [0.1, 0.15) is 0 Å². The second kappa shape index (κ2) is 8.56. The summed E-state index contributed by atoms with van der Waals surface area (Å²) in [6.07, 6.45) is 2.59. The molecule has 5 nitrogen and oxygen atoms in total. The molecule has 2 amide bonds. The summed E-state index contributed by atoms with van der Waals surface area (Å²) in [6.45, 7) is 5.55. The maximum atomic E-state index is 12.1. The van der Waals surface area contributed by atoms with Crippen LogP contribution in [0.5, 0.6) is 0 Å². The topological polar surface area (TPSA) is 58.6 Å². The zero-order chi connectivity index (χ0) is 16.7. The molecule has 1 heterocycles. The molecule has 0 aliphatic carbocycles. The van der Waals surface area contributed by atoms with Crippen molar-refractivity contribution in [3.8, 4) is 0 Å². The van der Waals surface area contributed by atoms with Gasteiger partial charge in [-0.2, -0.15) is 0 Å². The van der Waals surface area contributed by atoms with Gasteiger partial charge in [0, 0.05) is 25.6 Å². The summed E-state index contributed by atoms with van der Waals surface area (Å²) in [5.41, 5.74) is 2.45. The molecule has 0 atom stereocenters. The van der Waals surface area contributed by atoms with Crippen LogP contribution in [-0.4, -0.2) is 42.6 Å². The van der Waals surface area contributed by atoms with Gasteiger partial charge in [0.05, 0.1) is 6.61 Å². The Morgan fingerprint density at radius 2 is 1.96 bits per heavy atom. The summed E-state index contributed by atoms with van der Waals surface area (Å²) in [4.78, 5) is 25.4. The van der Waals surface area contributed by atoms with Crippen molar-refractivity contribution in [3.63, 3.8) is 0 Å². The van der Waals surface area contributed by atoms with Crippen molar-refractivity contribution in [2.24, 2.45) is 0 Å². The van der Waals surface area contributed by atoms with E-state index >= 15 is 0 Å². The van der Waals surface area contributed by atoms with Gasteiger partial charge < -0.3 is 15.0 Å². The average Bonchev–Trinajstić information content (AvgIpc) is 2.55. The van der Waals surface area contributed by atoms with Gasteiger partial charge in [0.25, 0.3) is 0 Å². The lowest BCUT2D eigenvalue weighted by Gasteiger charge is -2.31. The Kier molecular flexibility index (Phi) is 6.44. The Bertz CT molecular complexity index is 537. The minimum Gasteiger partial charge on any atom is -0.450 e. The van der Waals surface area contributed by atoms with E-state index in [1.54, 1.807) is 11.8 Å². The fraction of sp³-hybridized carbons (Fsp3) is 0.556. The number of aryl methyl sites for hydroxylation is 2. The van der Waals surface area contributed by atoms with Crippen LogP contribution >= 0.6 is 0 Å². The quantitative estimate of drug-likeness (QED) is 0.908. The third kappa shape index (κ3) is 5.27. The molecule has 1 N–H and O–H groups in total. The van der Waals surface area contributed by atoms with Crippen LogP contribution in [0.25, 0.3) is 0 Å². The zero-order valence-corrected chi connectivity index (χ0v) is 14.0. The second-order valence-corrected chi connectivity index (χ2v) is 5.95. The van der Waals surface area contributed by atoms with Crippen LogP contribution in [0.4, 0.5) is 4.79 Å². The summed E-state index contributed by atoms with van der Waals surface area (Å²) in [6, 6.07) is 8.31. The molecule has 0 saturated carbocycles. The number of hydrogen-bond donors (Lipinski definition) is 1. The summed E-state index contributed by atoms with van der Waals surface area (Å²) in [7, 11) is 0. The van der Waals surface area contributed by atoms with Gasteiger partial charge in [0.2, 0.25) is 5.91 Å². The van der Waals surface area contributed by atoms with E-state index in [2.05, 4.69) is 24.4 Å². The fourth-order valence-corrected chi connectivity index (χ4v) is 2.86. The van der Waals surface area contributed by atoms with Crippen molar-refractivity contribution in [2.45, 2.75) is 45.6 Å². The maximum absolute atomic E-state index is 12.1. The first-order chi connectivity index (χ1) is 11.1. The highest BCUT2D eigenvalue weighted by Crippen LogP contribution is 2.13. The number of carbonyl (C=O) groups is 2. The van der Waals surface area contributed by atoms with Gasteiger partial charge >= 0.3 is 6.09 Å². The van der Waals surface area contributed by atoms with Crippen molar-refractivity contribution in [1.29, 1.82) is 0 Å². The lowest BCUT2D eigenvalue weighted by atomic mass is 10.0. The highest BCUT2D eigenvalue weighted by Gasteiger charge is 2.24. The number of nitrogens with one attached hydrogen (secondary N) is 1. The van der Waals surface area contributed by atoms with Crippen LogP contribution < -0.4 is 5.32 Å². The first-order valence-electron chi connectivity index (χ1n) is 8.35. The lowest BCUT2D eigenvalue weighted by molar-refractivity contribution is -0.122. The van der Waals surface area contributed by atoms with E-state index in [0.717, 1.165) is 19.3 Å². The molecule has 1 saturated heterocycles. The third-order valence-corrected chi connectivity index (χ3v) is 4.27. The number of benzene rings is 1. The van der Waals surface area contributed by atoms with Gasteiger partial charge in [-0.1, -0.05) is 24.3 Å². The first kappa shape index (κ1) is 17.3. The Morgan fingerprint density at radius 3 is 2.61 bits per heavy atom. The second-order valence-electron chi connectivity index (χ2n) is 5.95. The number of carbonyl (C=O) groups excluding carboxylic acids is 2. The van der Waals surface area contributed by atoms with Crippen molar-refractivity contribution < 1.29 is 14.3 Å². The largest absolute Gasteiger partial charge is 0.450 e. The minimum absolute atomic E-state index is 0.0860. The van der Waals surface area contributed by atoms with E-state index in [-0.39, 0.29) is 18.0 Å². The number of likely N-dealkylation sites (tertiary alicyclic amines) is 1. The SMILES string of the molecule is CCOC(=O)N1CCC(NC(=O)CCc2ccccc2C)CC1. The number of hydrogen-bond acceptors (Lipinski definition) is 3. The average molecular weight is 318 g/mol. The van der Waals surface area contributed by atoms with Gasteiger partial charge in [-0.15, -0.1) is 0 Å². The van der Waals surface area contributed by atoms with Gasteiger partial charge in [-0.3, -0.25) is 4.79 Å². The number of amides is 2. The summed E-state index contributed by atoms with van der Waals surface area (Å²) in [5.74, 6) is 0.0860. The molecule has 1 aromatic rings. The van der Waals surface area contributed by atoms with Crippen molar-refractivity contribution in [1.82, 2.24) is 10.2 Å². The predicted molar refractivity (Wildman–Crippen MR) is 89.3 cm³/mol. The van der Waals surface area contributed by atoms with E-state index < -0.39 is 0 Å². The molecular formula is C18H26N2O3. The van der Waals surface area contributed by atoms with Crippen molar-refractivity contribution in [3.05, 3.63) is 35.4 Å². The molecule has 23 heavy (non-hydrogen) atoms. The molecule has 0 aromatic heterocycles. The molecule has 0 radical (unpaired) electrons. The Morgan fingerprint density at radius 1 is 1.26 bits per heavy atom. The molecule has 0 spiro atoms. The number of piperidine rings is 1. The molecule has 2 rings (SSSR count). The molecule has 5 heteroatoms. The smallest absolute Gasteiger partial charge is 0.409 e. The Labute approximate surface area is 138 Å². The van der Waals surface area contributed by atoms with Gasteiger partial charge in [0.15, 0.2) is 0 Å². The van der Waals surface area contributed by atoms with Crippen LogP contribution in [0.3, 0.4) is 0 Å². The molecule has 126 valence electrons. The normalized spacial score (nSPS) is 15.3. The Hall–Kier alpha value is -2.04. The molecule has 1 aliphatic heterocycles. The van der Waals surface area contributed by atoms with E-state index in [1.807, 2.05) is 12.1 Å². The molecule has 1 aliphatic rings. The molecular weight excluding hydrogens is 292 g/mol. The minimum atomic E-state index is -0.253. The van der Waals surface area contributed by atoms with Crippen molar-refractivity contribution >= 4 is 12.0 Å². The molecule has 0 bridgehead atoms. The molecule has 1 fully saturated rings. The fourth-order valence-electron chi connectivity index (χ4n) is 2.86. The monoisotopic (exact) mass is 318 g/mol. The summed E-state index contributed by atoms with van der Waals surface area (Å²) >= 11 is 0. The predicted octanol–water partition coefficient (Wildman–Crippen LogP) is 2.66.